The van der Waals surface area contributed by atoms with E-state index in [1.165, 1.54) is 38.5 Å². The van der Waals surface area contributed by atoms with E-state index < -0.39 is 8.32 Å². The fourth-order valence-corrected chi connectivity index (χ4v) is 11.7. The maximum absolute atomic E-state index is 12.8. The standard InChI is InChI=1S/C40H65NO5Si/c1-38(2,3)47(8,9)46-35-16-15-33-37-28(24-29-25-30(42)17-19-39(29,4)34(37)18-20-40(33,35)5)13-10-12-27-22-31(43)26-32(23-27)45-21-11-14-36(44)41(6)7/h22-23,26,28-29,33-35,37,43H,10-21,24-25H2,1-9H3/t28-,29+,33+,34+,35+,37+,39+,40+/m1/s1. The summed E-state index contributed by atoms with van der Waals surface area (Å²) < 4.78 is 13.2. The normalized spacial score (nSPS) is 33.9. The molecule has 0 spiro atoms. The molecule has 0 saturated heterocycles. The third-order valence-corrected chi connectivity index (χ3v) is 18.6. The topological polar surface area (TPSA) is 76.1 Å². The summed E-state index contributed by atoms with van der Waals surface area (Å²) in [5, 5.41) is 10.7. The third kappa shape index (κ3) is 7.51. The summed E-state index contributed by atoms with van der Waals surface area (Å²) in [4.78, 5) is 26.3. The summed E-state index contributed by atoms with van der Waals surface area (Å²) >= 11 is 0. The van der Waals surface area contributed by atoms with Gasteiger partial charge in [0.05, 0.1) is 12.7 Å². The average molecular weight is 668 g/mol. The average Bonchev–Trinajstić information content (AvgIpc) is 3.30. The molecule has 7 heteroatoms. The van der Waals surface area contributed by atoms with Crippen molar-refractivity contribution in [3.63, 3.8) is 0 Å². The molecule has 4 fully saturated rings. The maximum Gasteiger partial charge on any atom is 0.222 e. The van der Waals surface area contributed by atoms with Gasteiger partial charge in [-0.25, -0.2) is 0 Å². The van der Waals surface area contributed by atoms with Crippen LogP contribution in [0.5, 0.6) is 11.5 Å². The van der Waals surface area contributed by atoms with Gasteiger partial charge in [-0.1, -0.05) is 34.6 Å². The van der Waals surface area contributed by atoms with Crippen molar-refractivity contribution in [3.8, 4) is 11.5 Å². The molecule has 0 bridgehead atoms. The Kier molecular flexibility index (Phi) is 10.7. The van der Waals surface area contributed by atoms with Gasteiger partial charge in [0.2, 0.25) is 5.91 Å². The number of hydrogen-bond acceptors (Lipinski definition) is 5. The number of amides is 1. The van der Waals surface area contributed by atoms with E-state index in [2.05, 4.69) is 53.8 Å². The first-order chi connectivity index (χ1) is 21.9. The molecular weight excluding hydrogens is 603 g/mol. The molecule has 47 heavy (non-hydrogen) atoms. The first-order valence-corrected chi connectivity index (χ1v) is 21.7. The van der Waals surface area contributed by atoms with E-state index in [1.54, 1.807) is 25.1 Å². The van der Waals surface area contributed by atoms with Crippen molar-refractivity contribution in [2.24, 2.45) is 40.4 Å². The van der Waals surface area contributed by atoms with Gasteiger partial charge in [-0.15, -0.1) is 0 Å². The van der Waals surface area contributed by atoms with Crippen LogP contribution in [0.15, 0.2) is 18.2 Å². The Morgan fingerprint density at radius 3 is 2.45 bits per heavy atom. The Labute approximate surface area is 286 Å². The zero-order valence-electron chi connectivity index (χ0n) is 31.1. The van der Waals surface area contributed by atoms with Crippen LogP contribution >= 0.6 is 0 Å². The summed E-state index contributed by atoms with van der Waals surface area (Å²) in [6.45, 7) is 17.5. The van der Waals surface area contributed by atoms with Crippen LogP contribution in [0, 0.1) is 40.4 Å². The first kappa shape index (κ1) is 36.4. The molecule has 1 aromatic rings. The Balaban J connectivity index is 1.30. The van der Waals surface area contributed by atoms with E-state index in [0.717, 1.165) is 37.7 Å². The molecule has 0 aliphatic heterocycles. The number of nitrogens with zero attached hydrogens (tertiary/aromatic N) is 1. The number of aryl methyl sites for hydroxylation is 1. The highest BCUT2D eigenvalue weighted by atomic mass is 28.4. The number of fused-ring (bicyclic) bond motifs is 5. The Morgan fingerprint density at radius 2 is 1.74 bits per heavy atom. The van der Waals surface area contributed by atoms with Crippen molar-refractivity contribution in [2.45, 2.75) is 142 Å². The number of rotatable bonds is 11. The maximum atomic E-state index is 12.8. The van der Waals surface area contributed by atoms with Gasteiger partial charge >= 0.3 is 0 Å². The predicted octanol–water partition coefficient (Wildman–Crippen LogP) is 9.19. The van der Waals surface area contributed by atoms with E-state index in [4.69, 9.17) is 9.16 Å². The van der Waals surface area contributed by atoms with Gasteiger partial charge in [0.1, 0.15) is 17.3 Å². The van der Waals surface area contributed by atoms with Crippen molar-refractivity contribution in [1.29, 1.82) is 0 Å². The summed E-state index contributed by atoms with van der Waals surface area (Å²) in [6.07, 6.45) is 13.4. The molecular formula is C40H65NO5Si. The smallest absolute Gasteiger partial charge is 0.222 e. The van der Waals surface area contributed by atoms with Crippen LogP contribution in [0.1, 0.15) is 117 Å². The number of benzene rings is 1. The summed E-state index contributed by atoms with van der Waals surface area (Å²) in [6, 6.07) is 5.61. The largest absolute Gasteiger partial charge is 0.508 e. The van der Waals surface area contributed by atoms with Crippen LogP contribution in [0.2, 0.25) is 18.1 Å². The van der Waals surface area contributed by atoms with Gasteiger partial charge in [0.25, 0.3) is 0 Å². The number of aromatic hydroxyl groups is 1. The zero-order valence-corrected chi connectivity index (χ0v) is 32.1. The van der Waals surface area contributed by atoms with Crippen molar-refractivity contribution in [3.05, 3.63) is 23.8 Å². The van der Waals surface area contributed by atoms with Gasteiger partial charge in [-0.3, -0.25) is 9.59 Å². The summed E-state index contributed by atoms with van der Waals surface area (Å²) in [5.41, 5.74) is 1.62. The molecule has 4 saturated carbocycles. The highest BCUT2D eigenvalue weighted by molar-refractivity contribution is 6.74. The number of ketones is 1. The molecule has 0 heterocycles. The van der Waals surface area contributed by atoms with E-state index in [1.807, 2.05) is 6.07 Å². The predicted molar refractivity (Wildman–Crippen MR) is 192 cm³/mol. The van der Waals surface area contributed by atoms with Gasteiger partial charge < -0.3 is 19.2 Å². The number of ether oxygens (including phenoxy) is 1. The molecule has 0 unspecified atom stereocenters. The van der Waals surface area contributed by atoms with Crippen LogP contribution in [-0.2, 0) is 20.4 Å². The van der Waals surface area contributed by atoms with Crippen LogP contribution in [0.4, 0.5) is 0 Å². The first-order valence-electron chi connectivity index (χ1n) is 18.8. The van der Waals surface area contributed by atoms with Crippen molar-refractivity contribution in [1.82, 2.24) is 4.90 Å². The summed E-state index contributed by atoms with van der Waals surface area (Å²) in [7, 11) is 1.66. The molecule has 0 aromatic heterocycles. The molecule has 5 rings (SSSR count). The minimum absolute atomic E-state index is 0.0996. The van der Waals surface area contributed by atoms with Crippen molar-refractivity contribution < 1.29 is 23.9 Å². The molecule has 1 aromatic carbocycles. The second-order valence-corrected chi connectivity index (χ2v) is 22.9. The van der Waals surface area contributed by atoms with E-state index >= 15 is 0 Å². The van der Waals surface area contributed by atoms with E-state index in [-0.39, 0.29) is 27.5 Å². The van der Waals surface area contributed by atoms with E-state index in [0.29, 0.717) is 66.7 Å². The molecule has 1 N–H and O–H groups in total. The minimum Gasteiger partial charge on any atom is -0.508 e. The quantitative estimate of drug-likeness (QED) is 0.188. The zero-order chi connectivity index (χ0) is 34.4. The molecule has 0 radical (unpaired) electrons. The lowest BCUT2D eigenvalue weighted by Gasteiger charge is -2.63. The molecule has 4 aliphatic carbocycles. The van der Waals surface area contributed by atoms with Gasteiger partial charge in [-0.05, 0) is 140 Å². The molecule has 264 valence electrons. The fraction of sp³-hybridized carbons (Fsp3) is 0.800. The highest BCUT2D eigenvalue weighted by Crippen LogP contribution is 2.68. The Hall–Kier alpha value is -1.86. The Morgan fingerprint density at radius 1 is 1.02 bits per heavy atom. The van der Waals surface area contributed by atoms with Crippen molar-refractivity contribution in [2.75, 3.05) is 20.7 Å². The Bertz CT molecular complexity index is 1290. The number of phenolic OH excluding ortho intramolecular Hbond substituents is 1. The second kappa shape index (κ2) is 13.8. The van der Waals surface area contributed by atoms with Crippen molar-refractivity contribution >= 4 is 20.0 Å². The van der Waals surface area contributed by atoms with Gasteiger partial charge in [0, 0.05) is 39.4 Å². The lowest BCUT2D eigenvalue weighted by Crippen LogP contribution is -2.58. The molecule has 8 atom stereocenters. The number of hydrogen-bond donors (Lipinski definition) is 1. The van der Waals surface area contributed by atoms with Crippen LogP contribution in [0.3, 0.4) is 0 Å². The van der Waals surface area contributed by atoms with E-state index in [9.17, 15) is 14.7 Å². The second-order valence-electron chi connectivity index (χ2n) is 18.2. The number of phenols is 1. The van der Waals surface area contributed by atoms with Crippen LogP contribution < -0.4 is 4.74 Å². The van der Waals surface area contributed by atoms with Crippen LogP contribution in [0.25, 0.3) is 0 Å². The lowest BCUT2D eigenvalue weighted by molar-refractivity contribution is -0.155. The summed E-state index contributed by atoms with van der Waals surface area (Å²) in [5.74, 6) is 4.72. The SMILES string of the molecule is CN(C)C(=O)CCCOc1cc(O)cc(CCC[C@@H]2C[C@H]3CC(=O)CC[C@]3(C)[C@H]3CC[C@]4(C)[C@@H](O[Si](C)(C)C(C)(C)C)CC[C@H]4[C@H]23)c1. The molecule has 6 nitrogen and oxygen atoms in total. The minimum atomic E-state index is -1.88. The van der Waals surface area contributed by atoms with Gasteiger partial charge in [0.15, 0.2) is 8.32 Å². The monoisotopic (exact) mass is 667 g/mol. The number of carbonyl (C=O) groups excluding carboxylic acids is 2. The lowest BCUT2D eigenvalue weighted by atomic mass is 9.42. The third-order valence-electron chi connectivity index (χ3n) is 14.1. The molecule has 1 amide bonds. The molecule has 4 aliphatic rings. The number of carbonyl (C=O) groups is 2. The van der Waals surface area contributed by atoms with Crippen LogP contribution in [-0.4, -0.2) is 56.8 Å². The number of Topliss-reactive ketones (excluding diaryl/α,β-unsaturated/α-hetero) is 1. The van der Waals surface area contributed by atoms with Gasteiger partial charge in [-0.2, -0.15) is 0 Å². The highest BCUT2D eigenvalue weighted by Gasteiger charge is 2.63. The fourth-order valence-electron chi connectivity index (χ4n) is 10.3.